The maximum absolute atomic E-state index is 12.0. The molecule has 0 aliphatic carbocycles. The molecule has 1 aromatic carbocycles. The van der Waals surface area contributed by atoms with E-state index >= 15 is 0 Å². The molecule has 1 atom stereocenters. The molecule has 8 nitrogen and oxygen atoms in total. The molecular formula is C16H25N3O5. The number of rotatable bonds is 8. The summed E-state index contributed by atoms with van der Waals surface area (Å²) >= 11 is 0. The lowest BCUT2D eigenvalue weighted by Crippen LogP contribution is -2.46. The Kier molecular flexibility index (Phi) is 7.31. The van der Waals surface area contributed by atoms with Gasteiger partial charge in [0.2, 0.25) is 11.8 Å². The molecule has 0 heterocycles. The van der Waals surface area contributed by atoms with Crippen LogP contribution in [0.1, 0.15) is 13.8 Å². The van der Waals surface area contributed by atoms with Crippen molar-refractivity contribution in [2.75, 3.05) is 33.2 Å². The van der Waals surface area contributed by atoms with Gasteiger partial charge in [-0.3, -0.25) is 9.59 Å². The van der Waals surface area contributed by atoms with E-state index in [1.807, 2.05) is 13.8 Å². The number of anilines is 1. The third-order valence-electron chi connectivity index (χ3n) is 3.42. The Morgan fingerprint density at radius 1 is 1.04 bits per heavy atom. The molecule has 24 heavy (non-hydrogen) atoms. The van der Waals surface area contributed by atoms with Gasteiger partial charge in [0.25, 0.3) is 0 Å². The monoisotopic (exact) mass is 339 g/mol. The minimum absolute atomic E-state index is 0.0148. The van der Waals surface area contributed by atoms with Crippen LogP contribution in [0.2, 0.25) is 0 Å². The zero-order chi connectivity index (χ0) is 18.3. The molecule has 0 unspecified atom stereocenters. The van der Waals surface area contributed by atoms with E-state index in [2.05, 4.69) is 10.6 Å². The zero-order valence-corrected chi connectivity index (χ0v) is 14.6. The van der Waals surface area contributed by atoms with Crippen molar-refractivity contribution in [2.24, 2.45) is 11.7 Å². The van der Waals surface area contributed by atoms with Gasteiger partial charge in [-0.05, 0) is 5.92 Å². The molecule has 0 aliphatic heterocycles. The van der Waals surface area contributed by atoms with Crippen LogP contribution in [0, 0.1) is 5.92 Å². The van der Waals surface area contributed by atoms with Gasteiger partial charge in [0.1, 0.15) is 5.75 Å². The van der Waals surface area contributed by atoms with E-state index in [4.69, 9.17) is 19.9 Å². The van der Waals surface area contributed by atoms with E-state index in [-0.39, 0.29) is 18.4 Å². The minimum atomic E-state index is -0.659. The number of carbonyl (C=O) groups is 2. The first-order chi connectivity index (χ1) is 11.3. The quantitative estimate of drug-likeness (QED) is 0.644. The predicted octanol–water partition coefficient (Wildman–Crippen LogP) is 0.750. The normalized spacial score (nSPS) is 11.6. The van der Waals surface area contributed by atoms with Crippen molar-refractivity contribution in [2.45, 2.75) is 19.9 Å². The Morgan fingerprint density at radius 2 is 1.58 bits per heavy atom. The molecule has 0 saturated carbocycles. The van der Waals surface area contributed by atoms with E-state index in [0.29, 0.717) is 22.9 Å². The second kappa shape index (κ2) is 8.97. The number of carbonyl (C=O) groups excluding carboxylic acids is 2. The van der Waals surface area contributed by atoms with Crippen molar-refractivity contribution in [3.63, 3.8) is 0 Å². The van der Waals surface area contributed by atoms with Gasteiger partial charge in [-0.25, -0.2) is 0 Å². The fraction of sp³-hybridized carbons (Fsp3) is 0.500. The average molecular weight is 339 g/mol. The Bertz CT molecular complexity index is 589. The lowest BCUT2D eigenvalue weighted by atomic mass is 10.1. The number of ether oxygens (including phenoxy) is 3. The number of nitrogens with one attached hydrogen (secondary N) is 2. The van der Waals surface area contributed by atoms with Crippen molar-refractivity contribution in [3.05, 3.63) is 12.1 Å². The first kappa shape index (κ1) is 19.6. The van der Waals surface area contributed by atoms with Gasteiger partial charge >= 0.3 is 0 Å². The Labute approximate surface area is 141 Å². The molecule has 0 fully saturated rings. The van der Waals surface area contributed by atoms with Crippen LogP contribution < -0.4 is 30.6 Å². The van der Waals surface area contributed by atoms with Crippen molar-refractivity contribution < 1.29 is 23.8 Å². The van der Waals surface area contributed by atoms with Gasteiger partial charge in [0, 0.05) is 12.1 Å². The summed E-state index contributed by atoms with van der Waals surface area (Å²) < 4.78 is 15.6. The molecule has 0 saturated heterocycles. The van der Waals surface area contributed by atoms with Crippen molar-refractivity contribution >= 4 is 17.5 Å². The maximum atomic E-state index is 12.0. The molecule has 0 aromatic heterocycles. The van der Waals surface area contributed by atoms with Crippen LogP contribution in [0.4, 0.5) is 5.69 Å². The van der Waals surface area contributed by atoms with Crippen LogP contribution in [0.25, 0.3) is 0 Å². The summed E-state index contributed by atoms with van der Waals surface area (Å²) in [6.45, 7) is 3.47. The average Bonchev–Trinajstić information content (AvgIpc) is 2.58. The van der Waals surface area contributed by atoms with Gasteiger partial charge < -0.3 is 30.6 Å². The molecule has 1 aromatic rings. The Hall–Kier alpha value is -2.48. The molecular weight excluding hydrogens is 314 g/mol. The third kappa shape index (κ3) is 5.02. The first-order valence-corrected chi connectivity index (χ1v) is 7.47. The molecule has 1 rings (SSSR count). The Morgan fingerprint density at radius 3 is 2.08 bits per heavy atom. The van der Waals surface area contributed by atoms with Gasteiger partial charge in [-0.2, -0.15) is 0 Å². The number of nitrogens with two attached hydrogens (primary N) is 1. The number of hydrogen-bond acceptors (Lipinski definition) is 6. The smallest absolute Gasteiger partial charge is 0.243 e. The molecule has 0 radical (unpaired) electrons. The Balaban J connectivity index is 2.78. The maximum Gasteiger partial charge on any atom is 0.243 e. The summed E-state index contributed by atoms with van der Waals surface area (Å²) in [4.78, 5) is 23.8. The highest BCUT2D eigenvalue weighted by Gasteiger charge is 2.18. The molecule has 2 amide bonds. The number of methoxy groups -OCH3 is 3. The topological polar surface area (TPSA) is 112 Å². The minimum Gasteiger partial charge on any atom is -0.494 e. The first-order valence-electron chi connectivity index (χ1n) is 7.47. The lowest BCUT2D eigenvalue weighted by Gasteiger charge is -2.16. The van der Waals surface area contributed by atoms with Crippen molar-refractivity contribution in [3.8, 4) is 17.2 Å². The number of amides is 2. The molecule has 0 spiro atoms. The fourth-order valence-corrected chi connectivity index (χ4v) is 1.91. The van der Waals surface area contributed by atoms with Crippen LogP contribution in [0.3, 0.4) is 0 Å². The second-order valence-corrected chi connectivity index (χ2v) is 5.44. The van der Waals surface area contributed by atoms with Gasteiger partial charge in [-0.1, -0.05) is 13.8 Å². The second-order valence-electron chi connectivity index (χ2n) is 5.44. The van der Waals surface area contributed by atoms with Gasteiger partial charge in [0.15, 0.2) is 11.5 Å². The van der Waals surface area contributed by atoms with Crippen LogP contribution in [0.15, 0.2) is 12.1 Å². The molecule has 134 valence electrons. The van der Waals surface area contributed by atoms with Gasteiger partial charge in [0.05, 0.1) is 39.6 Å². The van der Waals surface area contributed by atoms with Crippen molar-refractivity contribution in [1.29, 1.82) is 0 Å². The number of benzene rings is 1. The molecule has 0 aliphatic rings. The van der Waals surface area contributed by atoms with E-state index in [0.717, 1.165) is 0 Å². The SMILES string of the molecule is COc1cc(OC)c(OC)cc1NC(=O)CNC(=O)[C@@H](N)C(C)C. The number of hydrogen-bond donors (Lipinski definition) is 3. The molecule has 8 heteroatoms. The van der Waals surface area contributed by atoms with E-state index in [1.54, 1.807) is 12.1 Å². The molecule has 4 N–H and O–H groups in total. The lowest BCUT2D eigenvalue weighted by molar-refractivity contribution is -0.125. The largest absolute Gasteiger partial charge is 0.494 e. The standard InChI is InChI=1S/C16H25N3O5/c1-9(2)15(17)16(21)18-8-14(20)19-10-6-12(23-4)13(24-5)7-11(10)22-3/h6-7,9,15H,8,17H2,1-5H3,(H,18,21)(H,19,20)/t15-/m0/s1. The summed E-state index contributed by atoms with van der Waals surface area (Å²) in [6, 6.07) is 2.52. The van der Waals surface area contributed by atoms with Crippen LogP contribution in [-0.2, 0) is 9.59 Å². The summed E-state index contributed by atoms with van der Waals surface area (Å²) in [5, 5.41) is 5.16. The predicted molar refractivity (Wildman–Crippen MR) is 90.6 cm³/mol. The van der Waals surface area contributed by atoms with E-state index < -0.39 is 11.9 Å². The summed E-state index contributed by atoms with van der Waals surface area (Å²) in [6.07, 6.45) is 0. The summed E-state index contributed by atoms with van der Waals surface area (Å²) in [5.41, 5.74) is 6.13. The van der Waals surface area contributed by atoms with Crippen LogP contribution in [-0.4, -0.2) is 45.7 Å². The molecule has 0 bridgehead atoms. The highest BCUT2D eigenvalue weighted by atomic mass is 16.5. The van der Waals surface area contributed by atoms with Crippen LogP contribution >= 0.6 is 0 Å². The summed E-state index contributed by atoms with van der Waals surface area (Å²) in [5.74, 6) is 0.525. The zero-order valence-electron chi connectivity index (χ0n) is 14.6. The highest BCUT2D eigenvalue weighted by molar-refractivity contribution is 5.96. The fourth-order valence-electron chi connectivity index (χ4n) is 1.91. The van der Waals surface area contributed by atoms with Crippen molar-refractivity contribution in [1.82, 2.24) is 5.32 Å². The van der Waals surface area contributed by atoms with E-state index in [1.165, 1.54) is 21.3 Å². The third-order valence-corrected chi connectivity index (χ3v) is 3.42. The van der Waals surface area contributed by atoms with Crippen LogP contribution in [0.5, 0.6) is 17.2 Å². The van der Waals surface area contributed by atoms with Gasteiger partial charge in [-0.15, -0.1) is 0 Å². The summed E-state index contributed by atoms with van der Waals surface area (Å²) in [7, 11) is 4.47. The van der Waals surface area contributed by atoms with E-state index in [9.17, 15) is 9.59 Å². The highest BCUT2D eigenvalue weighted by Crippen LogP contribution is 2.37.